The highest BCUT2D eigenvalue weighted by Gasteiger charge is 2.16. The second-order valence-corrected chi connectivity index (χ2v) is 9.49. The number of anilines is 2. The van der Waals surface area contributed by atoms with Gasteiger partial charge in [0, 0.05) is 16.9 Å². The van der Waals surface area contributed by atoms with Crippen molar-refractivity contribution < 1.29 is 13.2 Å². The molecular formula is C25H24N4O3S. The van der Waals surface area contributed by atoms with Gasteiger partial charge >= 0.3 is 0 Å². The second-order valence-electron chi connectivity index (χ2n) is 7.81. The van der Waals surface area contributed by atoms with Crippen LogP contribution in [-0.4, -0.2) is 24.1 Å². The van der Waals surface area contributed by atoms with Crippen molar-refractivity contribution in [3.8, 4) is 5.69 Å². The van der Waals surface area contributed by atoms with Gasteiger partial charge < -0.3 is 5.32 Å². The predicted octanol–water partition coefficient (Wildman–Crippen LogP) is 4.85. The van der Waals surface area contributed by atoms with Crippen LogP contribution in [0.2, 0.25) is 0 Å². The summed E-state index contributed by atoms with van der Waals surface area (Å²) >= 11 is 0. The Hall–Kier alpha value is -3.91. The monoisotopic (exact) mass is 460 g/mol. The first-order valence-corrected chi connectivity index (χ1v) is 11.8. The van der Waals surface area contributed by atoms with Crippen LogP contribution in [0.15, 0.2) is 83.8 Å². The van der Waals surface area contributed by atoms with E-state index >= 15 is 0 Å². The lowest BCUT2D eigenvalue weighted by atomic mass is 10.2. The minimum atomic E-state index is -3.77. The van der Waals surface area contributed by atoms with Crippen molar-refractivity contribution in [3.05, 3.63) is 101 Å². The van der Waals surface area contributed by atoms with E-state index in [0.29, 0.717) is 16.9 Å². The summed E-state index contributed by atoms with van der Waals surface area (Å²) < 4.78 is 29.7. The third-order valence-electron chi connectivity index (χ3n) is 5.12. The first kappa shape index (κ1) is 22.3. The maximum absolute atomic E-state index is 12.9. The van der Waals surface area contributed by atoms with Crippen LogP contribution >= 0.6 is 0 Å². The lowest BCUT2D eigenvalue weighted by Gasteiger charge is -2.13. The number of nitrogens with zero attached hydrogens (tertiary/aromatic N) is 2. The third kappa shape index (κ3) is 4.96. The Kier molecular flexibility index (Phi) is 6.02. The Morgan fingerprint density at radius 1 is 0.879 bits per heavy atom. The number of carbonyl (C=O) groups is 1. The SMILES string of the molecule is Cc1ccc(NS(=O)(=O)c2ccc(C(=O)Nc3ccccc3-n3nc(C)cc3C)cc2)cc1. The van der Waals surface area contributed by atoms with Crippen LogP contribution in [0.25, 0.3) is 5.69 Å². The molecule has 0 aliphatic heterocycles. The molecule has 7 nitrogen and oxygen atoms in total. The summed E-state index contributed by atoms with van der Waals surface area (Å²) in [6.07, 6.45) is 0. The fourth-order valence-electron chi connectivity index (χ4n) is 3.45. The molecule has 2 N–H and O–H groups in total. The molecule has 0 saturated carbocycles. The number of carbonyl (C=O) groups excluding carboxylic acids is 1. The lowest BCUT2D eigenvalue weighted by molar-refractivity contribution is 0.102. The van der Waals surface area contributed by atoms with E-state index in [1.165, 1.54) is 24.3 Å². The third-order valence-corrected chi connectivity index (χ3v) is 6.52. The van der Waals surface area contributed by atoms with E-state index in [9.17, 15) is 13.2 Å². The minimum absolute atomic E-state index is 0.0719. The Bertz CT molecular complexity index is 1410. The molecule has 0 spiro atoms. The zero-order valence-corrected chi connectivity index (χ0v) is 19.3. The van der Waals surface area contributed by atoms with E-state index in [1.54, 1.807) is 22.9 Å². The molecule has 4 rings (SSSR count). The molecule has 33 heavy (non-hydrogen) atoms. The van der Waals surface area contributed by atoms with Crippen LogP contribution in [0.5, 0.6) is 0 Å². The van der Waals surface area contributed by atoms with Crippen molar-refractivity contribution in [1.29, 1.82) is 0 Å². The summed E-state index contributed by atoms with van der Waals surface area (Å²) in [6, 6.07) is 22.2. The molecule has 0 saturated heterocycles. The molecular weight excluding hydrogens is 436 g/mol. The summed E-state index contributed by atoms with van der Waals surface area (Å²) in [4.78, 5) is 12.9. The molecule has 0 fully saturated rings. The maximum atomic E-state index is 12.9. The quantitative estimate of drug-likeness (QED) is 0.430. The summed E-state index contributed by atoms with van der Waals surface area (Å²) in [5.74, 6) is -0.348. The number of hydrogen-bond acceptors (Lipinski definition) is 4. The van der Waals surface area contributed by atoms with Crippen LogP contribution in [0.4, 0.5) is 11.4 Å². The maximum Gasteiger partial charge on any atom is 0.261 e. The smallest absolute Gasteiger partial charge is 0.261 e. The minimum Gasteiger partial charge on any atom is -0.320 e. The number of hydrogen-bond donors (Lipinski definition) is 2. The topological polar surface area (TPSA) is 93.1 Å². The molecule has 8 heteroatoms. The number of sulfonamides is 1. The summed E-state index contributed by atoms with van der Waals surface area (Å²) in [5.41, 5.74) is 5.03. The molecule has 0 atom stereocenters. The van der Waals surface area contributed by atoms with Gasteiger partial charge in [-0.1, -0.05) is 29.8 Å². The van der Waals surface area contributed by atoms with Gasteiger partial charge in [-0.25, -0.2) is 13.1 Å². The molecule has 0 bridgehead atoms. The van der Waals surface area contributed by atoms with E-state index in [2.05, 4.69) is 15.1 Å². The van der Waals surface area contributed by atoms with Gasteiger partial charge in [-0.15, -0.1) is 0 Å². The van der Waals surface area contributed by atoms with Gasteiger partial charge in [0.15, 0.2) is 0 Å². The van der Waals surface area contributed by atoms with E-state index in [0.717, 1.165) is 22.6 Å². The van der Waals surface area contributed by atoms with Crippen molar-refractivity contribution in [3.63, 3.8) is 0 Å². The standard InChI is InChI=1S/C25H24N4O3S/c1-17-8-12-21(13-9-17)28-33(31,32)22-14-10-20(11-15-22)25(30)26-23-6-4-5-7-24(23)29-19(3)16-18(2)27-29/h4-16,28H,1-3H3,(H,26,30). The molecule has 4 aromatic rings. The van der Waals surface area contributed by atoms with Gasteiger partial charge in [0.25, 0.3) is 15.9 Å². The lowest BCUT2D eigenvalue weighted by Crippen LogP contribution is -2.16. The normalized spacial score (nSPS) is 11.2. The first-order chi connectivity index (χ1) is 15.7. The fourth-order valence-corrected chi connectivity index (χ4v) is 4.51. The Balaban J connectivity index is 1.53. The number of para-hydroxylation sites is 2. The summed E-state index contributed by atoms with van der Waals surface area (Å²) in [6.45, 7) is 5.79. The van der Waals surface area contributed by atoms with Crippen molar-refractivity contribution >= 4 is 27.3 Å². The van der Waals surface area contributed by atoms with Crippen LogP contribution < -0.4 is 10.0 Å². The molecule has 3 aromatic carbocycles. The van der Waals surface area contributed by atoms with Crippen molar-refractivity contribution in [2.45, 2.75) is 25.7 Å². The number of amides is 1. The van der Waals surface area contributed by atoms with E-state index in [-0.39, 0.29) is 10.8 Å². The molecule has 1 aromatic heterocycles. The van der Waals surface area contributed by atoms with E-state index in [1.807, 2.05) is 57.2 Å². The highest BCUT2D eigenvalue weighted by Crippen LogP contribution is 2.23. The van der Waals surface area contributed by atoms with Gasteiger partial charge in [0.1, 0.15) is 0 Å². The van der Waals surface area contributed by atoms with Crippen molar-refractivity contribution in [2.24, 2.45) is 0 Å². The van der Waals surface area contributed by atoms with E-state index < -0.39 is 10.0 Å². The van der Waals surface area contributed by atoms with Gasteiger partial charge in [-0.3, -0.25) is 9.52 Å². The molecule has 0 aliphatic rings. The highest BCUT2D eigenvalue weighted by molar-refractivity contribution is 7.92. The summed E-state index contributed by atoms with van der Waals surface area (Å²) in [7, 11) is -3.77. The van der Waals surface area contributed by atoms with Gasteiger partial charge in [-0.05, 0) is 75.4 Å². The van der Waals surface area contributed by atoms with Crippen LogP contribution in [-0.2, 0) is 10.0 Å². The van der Waals surface area contributed by atoms with Gasteiger partial charge in [0.05, 0.1) is 22.0 Å². The Morgan fingerprint density at radius 3 is 2.18 bits per heavy atom. The van der Waals surface area contributed by atoms with Gasteiger partial charge in [-0.2, -0.15) is 5.10 Å². The van der Waals surface area contributed by atoms with Crippen molar-refractivity contribution in [1.82, 2.24) is 9.78 Å². The zero-order chi connectivity index (χ0) is 23.6. The van der Waals surface area contributed by atoms with Crippen molar-refractivity contribution in [2.75, 3.05) is 10.0 Å². The molecule has 0 unspecified atom stereocenters. The average molecular weight is 461 g/mol. The highest BCUT2D eigenvalue weighted by atomic mass is 32.2. The Labute approximate surface area is 193 Å². The Morgan fingerprint density at radius 2 is 1.55 bits per heavy atom. The number of nitrogens with one attached hydrogen (secondary N) is 2. The number of benzene rings is 3. The van der Waals surface area contributed by atoms with Crippen LogP contribution in [0, 0.1) is 20.8 Å². The number of rotatable bonds is 6. The molecule has 0 radical (unpaired) electrons. The molecule has 1 heterocycles. The largest absolute Gasteiger partial charge is 0.320 e. The zero-order valence-electron chi connectivity index (χ0n) is 18.5. The molecule has 168 valence electrons. The van der Waals surface area contributed by atoms with E-state index in [4.69, 9.17) is 0 Å². The number of aromatic nitrogens is 2. The fraction of sp³-hybridized carbons (Fsp3) is 0.120. The number of aryl methyl sites for hydroxylation is 3. The van der Waals surface area contributed by atoms with Gasteiger partial charge in [0.2, 0.25) is 0 Å². The average Bonchev–Trinajstić information content (AvgIpc) is 3.13. The van der Waals surface area contributed by atoms with Crippen LogP contribution in [0.1, 0.15) is 27.3 Å². The molecule has 0 aliphatic carbocycles. The summed E-state index contributed by atoms with van der Waals surface area (Å²) in [5, 5.41) is 7.39. The molecule has 1 amide bonds. The predicted molar refractivity (Wildman–Crippen MR) is 129 cm³/mol. The second kappa shape index (κ2) is 8.91. The van der Waals surface area contributed by atoms with Crippen LogP contribution in [0.3, 0.4) is 0 Å². The first-order valence-electron chi connectivity index (χ1n) is 10.4.